The molecule has 0 atom stereocenters. The summed E-state index contributed by atoms with van der Waals surface area (Å²) in [6.07, 6.45) is 1.77. The Morgan fingerprint density at radius 1 is 0.488 bits per heavy atom. The molecule has 202 valence electrons. The highest BCUT2D eigenvalue weighted by Gasteiger charge is 2.18. The fourth-order valence-electron chi connectivity index (χ4n) is 6.47. The van der Waals surface area contributed by atoms with Gasteiger partial charge in [0, 0.05) is 56.6 Å². The molecule has 6 aromatic carbocycles. The molecule has 0 spiro atoms. The quantitative estimate of drug-likeness (QED) is 0.218. The van der Waals surface area contributed by atoms with Crippen LogP contribution in [0.5, 0.6) is 0 Å². The van der Waals surface area contributed by atoms with Crippen LogP contribution in [0.4, 0.5) is 17.1 Å². The largest absolute Gasteiger partial charge is 0.438 e. The normalized spacial score (nSPS) is 11.7. The van der Waals surface area contributed by atoms with Gasteiger partial charge in [0.05, 0.1) is 11.0 Å². The van der Waals surface area contributed by atoms with Crippen LogP contribution in [-0.4, -0.2) is 9.55 Å². The van der Waals surface area contributed by atoms with Gasteiger partial charge in [-0.15, -0.1) is 0 Å². The molecule has 3 aromatic heterocycles. The van der Waals surface area contributed by atoms with E-state index in [0.29, 0.717) is 5.71 Å². The van der Waals surface area contributed by atoms with Crippen LogP contribution in [0.25, 0.3) is 60.3 Å². The summed E-state index contributed by atoms with van der Waals surface area (Å²) in [6.45, 7) is 0. The van der Waals surface area contributed by atoms with E-state index in [9.17, 15) is 0 Å². The van der Waals surface area contributed by atoms with Crippen molar-refractivity contribution in [2.45, 2.75) is 0 Å². The average Bonchev–Trinajstić information content (AvgIpc) is 3.59. The highest BCUT2D eigenvalue weighted by Crippen LogP contribution is 2.40. The van der Waals surface area contributed by atoms with Crippen molar-refractivity contribution in [1.82, 2.24) is 9.55 Å². The molecule has 43 heavy (non-hydrogen) atoms. The Morgan fingerprint density at radius 2 is 1.23 bits per heavy atom. The summed E-state index contributed by atoms with van der Waals surface area (Å²) in [5.41, 5.74) is 8.11. The van der Waals surface area contributed by atoms with Crippen molar-refractivity contribution in [2.75, 3.05) is 4.90 Å². The standard InChI is InChI=1S/C39H25N3O/c1-2-12-28(13-3-1)41(31-19-20-33-34-17-9-21-40-39(34)43-38(33)25-31)29-14-8-15-30(24-29)42-36-18-7-6-16-32(36)35-22-26-10-4-5-11-27(26)23-37(35)42/h1-25H. The number of hydrogen-bond donors (Lipinski definition) is 0. The Kier molecular flexibility index (Phi) is 5.16. The minimum Gasteiger partial charge on any atom is -0.438 e. The third-order valence-electron chi connectivity index (χ3n) is 8.39. The second-order valence-corrected chi connectivity index (χ2v) is 10.9. The van der Waals surface area contributed by atoms with E-state index in [1.807, 2.05) is 6.07 Å². The number of fused-ring (bicyclic) bond motifs is 7. The summed E-state index contributed by atoms with van der Waals surface area (Å²) in [7, 11) is 0. The van der Waals surface area contributed by atoms with Crippen LogP contribution in [-0.2, 0) is 0 Å². The molecule has 0 saturated carbocycles. The zero-order valence-electron chi connectivity index (χ0n) is 23.2. The lowest BCUT2D eigenvalue weighted by Crippen LogP contribution is -2.10. The van der Waals surface area contributed by atoms with Gasteiger partial charge in [-0.2, -0.15) is 0 Å². The predicted octanol–water partition coefficient (Wildman–Crippen LogP) is 10.7. The molecule has 0 fully saturated rings. The van der Waals surface area contributed by atoms with E-state index in [-0.39, 0.29) is 0 Å². The van der Waals surface area contributed by atoms with E-state index in [0.717, 1.165) is 39.1 Å². The molecule has 9 rings (SSSR count). The van der Waals surface area contributed by atoms with Crippen LogP contribution in [0.15, 0.2) is 156 Å². The summed E-state index contributed by atoms with van der Waals surface area (Å²) in [5, 5.41) is 7.07. The first-order chi connectivity index (χ1) is 21.3. The van der Waals surface area contributed by atoms with Gasteiger partial charge in [0.25, 0.3) is 0 Å². The van der Waals surface area contributed by atoms with E-state index < -0.39 is 0 Å². The second kappa shape index (κ2) is 9.33. The maximum absolute atomic E-state index is 6.19. The summed E-state index contributed by atoms with van der Waals surface area (Å²) in [6, 6.07) is 51.6. The minimum atomic E-state index is 0.654. The van der Waals surface area contributed by atoms with Crippen molar-refractivity contribution in [3.05, 3.63) is 152 Å². The molecule has 0 aliphatic heterocycles. The van der Waals surface area contributed by atoms with Crippen LogP contribution in [0, 0.1) is 0 Å². The number of aromatic nitrogens is 2. The van der Waals surface area contributed by atoms with Crippen LogP contribution >= 0.6 is 0 Å². The maximum atomic E-state index is 6.19. The SMILES string of the molecule is c1ccc(N(c2cccc(-n3c4ccccc4c4cc5ccccc5cc43)c2)c2ccc3c(c2)oc2ncccc23)cc1. The van der Waals surface area contributed by atoms with Crippen molar-refractivity contribution < 1.29 is 4.42 Å². The third-order valence-corrected chi connectivity index (χ3v) is 8.39. The van der Waals surface area contributed by atoms with E-state index in [2.05, 4.69) is 154 Å². The van der Waals surface area contributed by atoms with Gasteiger partial charge in [0.2, 0.25) is 5.71 Å². The Hall–Kier alpha value is -5.87. The van der Waals surface area contributed by atoms with Gasteiger partial charge in [-0.05, 0) is 83.6 Å². The molecule has 0 saturated heterocycles. The van der Waals surface area contributed by atoms with Crippen LogP contribution in [0.1, 0.15) is 0 Å². The molecule has 0 bridgehead atoms. The Morgan fingerprint density at radius 3 is 2.14 bits per heavy atom. The first-order valence-electron chi connectivity index (χ1n) is 14.5. The molecule has 4 heteroatoms. The molecule has 0 unspecified atom stereocenters. The van der Waals surface area contributed by atoms with Gasteiger partial charge in [-0.1, -0.05) is 66.7 Å². The number of rotatable bonds is 4. The van der Waals surface area contributed by atoms with E-state index in [1.54, 1.807) is 6.20 Å². The monoisotopic (exact) mass is 551 g/mol. The van der Waals surface area contributed by atoms with Gasteiger partial charge in [0.1, 0.15) is 5.58 Å². The summed E-state index contributed by atoms with van der Waals surface area (Å²) in [5.74, 6) is 0. The fraction of sp³-hybridized carbons (Fsp3) is 0. The number of anilines is 3. The van der Waals surface area contributed by atoms with Crippen molar-refractivity contribution in [2.24, 2.45) is 0 Å². The maximum Gasteiger partial charge on any atom is 0.227 e. The van der Waals surface area contributed by atoms with Gasteiger partial charge in [-0.25, -0.2) is 4.98 Å². The molecule has 0 N–H and O–H groups in total. The number of para-hydroxylation sites is 2. The number of pyridine rings is 1. The first-order valence-corrected chi connectivity index (χ1v) is 14.5. The number of hydrogen-bond acceptors (Lipinski definition) is 3. The Balaban J connectivity index is 1.27. The second-order valence-electron chi connectivity index (χ2n) is 10.9. The molecule has 0 aliphatic carbocycles. The summed E-state index contributed by atoms with van der Waals surface area (Å²) in [4.78, 5) is 6.72. The number of nitrogens with zero attached hydrogens (tertiary/aromatic N) is 3. The fourth-order valence-corrected chi connectivity index (χ4v) is 6.47. The Bertz CT molecular complexity index is 2470. The van der Waals surface area contributed by atoms with Crippen LogP contribution < -0.4 is 4.90 Å². The van der Waals surface area contributed by atoms with Crippen molar-refractivity contribution >= 4 is 71.7 Å². The molecule has 3 heterocycles. The first kappa shape index (κ1) is 23.8. The van der Waals surface area contributed by atoms with Crippen molar-refractivity contribution in [3.63, 3.8) is 0 Å². The molecule has 0 aliphatic rings. The lowest BCUT2D eigenvalue weighted by atomic mass is 10.1. The molecule has 0 amide bonds. The summed E-state index contributed by atoms with van der Waals surface area (Å²) >= 11 is 0. The Labute approximate surface area is 247 Å². The van der Waals surface area contributed by atoms with Crippen molar-refractivity contribution in [3.8, 4) is 5.69 Å². The number of benzene rings is 6. The highest BCUT2D eigenvalue weighted by atomic mass is 16.3. The zero-order valence-corrected chi connectivity index (χ0v) is 23.2. The van der Waals surface area contributed by atoms with Gasteiger partial charge in [0.15, 0.2) is 0 Å². The van der Waals surface area contributed by atoms with E-state index in [4.69, 9.17) is 4.42 Å². The third kappa shape index (κ3) is 3.74. The van der Waals surface area contributed by atoms with Gasteiger partial charge >= 0.3 is 0 Å². The van der Waals surface area contributed by atoms with Crippen molar-refractivity contribution in [1.29, 1.82) is 0 Å². The highest BCUT2D eigenvalue weighted by molar-refractivity contribution is 6.13. The van der Waals surface area contributed by atoms with E-state index in [1.165, 1.54) is 32.6 Å². The predicted molar refractivity (Wildman–Crippen MR) is 178 cm³/mol. The lowest BCUT2D eigenvalue weighted by molar-refractivity contribution is 0.654. The van der Waals surface area contributed by atoms with Crippen LogP contribution in [0.3, 0.4) is 0 Å². The molecule has 0 radical (unpaired) electrons. The number of furan rings is 1. The molecule has 4 nitrogen and oxygen atoms in total. The topological polar surface area (TPSA) is 34.2 Å². The van der Waals surface area contributed by atoms with Gasteiger partial charge in [-0.3, -0.25) is 0 Å². The molecule has 9 aromatic rings. The average molecular weight is 552 g/mol. The summed E-state index contributed by atoms with van der Waals surface area (Å²) < 4.78 is 8.57. The van der Waals surface area contributed by atoms with Crippen LogP contribution in [0.2, 0.25) is 0 Å². The van der Waals surface area contributed by atoms with E-state index >= 15 is 0 Å². The molecular formula is C39H25N3O. The zero-order chi connectivity index (χ0) is 28.3. The smallest absolute Gasteiger partial charge is 0.227 e. The molecular weight excluding hydrogens is 526 g/mol. The van der Waals surface area contributed by atoms with Gasteiger partial charge < -0.3 is 13.9 Å². The minimum absolute atomic E-state index is 0.654. The lowest BCUT2D eigenvalue weighted by Gasteiger charge is -2.26.